The number of rotatable bonds is 11. The summed E-state index contributed by atoms with van der Waals surface area (Å²) < 4.78 is 132. The predicted molar refractivity (Wildman–Crippen MR) is 102 cm³/mol. The number of halogens is 9. The van der Waals surface area contributed by atoms with Gasteiger partial charge in [0.1, 0.15) is 5.60 Å². The van der Waals surface area contributed by atoms with Crippen LogP contribution >= 0.6 is 0 Å². The summed E-state index contributed by atoms with van der Waals surface area (Å²) in [6.07, 6.45) is -23.5. The molecule has 0 amide bonds. The molecule has 17 heteroatoms. The second kappa shape index (κ2) is 12.7. The Morgan fingerprint density at radius 1 is 0.784 bits per heavy atom. The summed E-state index contributed by atoms with van der Waals surface area (Å²) in [5, 5.41) is 0. The fourth-order valence-electron chi connectivity index (χ4n) is 3.35. The molecule has 0 aliphatic rings. The van der Waals surface area contributed by atoms with Crippen LogP contribution in [-0.4, -0.2) is 67.8 Å². The van der Waals surface area contributed by atoms with Gasteiger partial charge in [-0.05, 0) is 13.3 Å². The van der Waals surface area contributed by atoms with Crippen molar-refractivity contribution in [3.8, 4) is 0 Å². The average Bonchev–Trinajstić information content (AvgIpc) is 2.69. The van der Waals surface area contributed by atoms with E-state index in [0.29, 0.717) is 6.92 Å². The quantitative estimate of drug-likeness (QED) is 0.208. The van der Waals surface area contributed by atoms with Gasteiger partial charge in [-0.2, -0.15) is 39.5 Å². The summed E-state index contributed by atoms with van der Waals surface area (Å²) >= 11 is 0. The summed E-state index contributed by atoms with van der Waals surface area (Å²) in [5.41, 5.74) is -2.02. The molecule has 0 radical (unpaired) electrons. The largest absolute Gasteiger partial charge is 0.469 e. The lowest BCUT2D eigenvalue weighted by molar-refractivity contribution is -0.314. The summed E-state index contributed by atoms with van der Waals surface area (Å²) in [6.45, 7) is 1.64. The Morgan fingerprint density at radius 2 is 1.27 bits per heavy atom. The van der Waals surface area contributed by atoms with Crippen LogP contribution in [0.25, 0.3) is 0 Å². The number of alkyl halides is 9. The molecule has 0 heterocycles. The molecule has 0 saturated heterocycles. The van der Waals surface area contributed by atoms with Gasteiger partial charge < -0.3 is 18.9 Å². The van der Waals surface area contributed by atoms with Crippen molar-refractivity contribution in [2.75, 3.05) is 13.7 Å². The van der Waals surface area contributed by atoms with E-state index in [2.05, 4.69) is 14.2 Å². The number of esters is 4. The Balaban J connectivity index is 6.40. The normalized spacial score (nSPS) is 16.7. The molecule has 8 nitrogen and oxygen atoms in total. The van der Waals surface area contributed by atoms with E-state index < -0.39 is 91.3 Å². The zero-order chi connectivity index (χ0) is 29.6. The maximum atomic E-state index is 12.9. The van der Waals surface area contributed by atoms with Crippen molar-refractivity contribution in [1.29, 1.82) is 0 Å². The smallest absolute Gasteiger partial charge is 0.434 e. The zero-order valence-electron chi connectivity index (χ0n) is 20.1. The second-order valence-corrected chi connectivity index (χ2v) is 8.39. The monoisotopic (exact) mass is 564 g/mol. The van der Waals surface area contributed by atoms with Crippen LogP contribution in [0.15, 0.2) is 0 Å². The average molecular weight is 564 g/mol. The third kappa shape index (κ3) is 11.9. The van der Waals surface area contributed by atoms with Gasteiger partial charge in [-0.1, -0.05) is 13.8 Å². The molecule has 0 N–H and O–H groups in total. The van der Waals surface area contributed by atoms with Gasteiger partial charge >= 0.3 is 42.4 Å². The van der Waals surface area contributed by atoms with E-state index in [-0.39, 0.29) is 0 Å². The van der Waals surface area contributed by atoms with E-state index in [4.69, 9.17) is 4.74 Å². The molecule has 0 aliphatic heterocycles. The molecule has 0 aromatic rings. The predicted octanol–water partition coefficient (Wildman–Crippen LogP) is 4.29. The highest BCUT2D eigenvalue weighted by Gasteiger charge is 2.60. The number of hydrogen-bond donors (Lipinski definition) is 0. The maximum absolute atomic E-state index is 12.9. The van der Waals surface area contributed by atoms with Gasteiger partial charge in [-0.25, -0.2) is 0 Å². The molecule has 216 valence electrons. The van der Waals surface area contributed by atoms with E-state index in [1.54, 1.807) is 0 Å². The van der Waals surface area contributed by atoms with Crippen molar-refractivity contribution >= 4 is 23.9 Å². The molecule has 0 aromatic heterocycles. The molecule has 0 aliphatic carbocycles. The molecule has 4 unspecified atom stereocenters. The van der Waals surface area contributed by atoms with Crippen molar-refractivity contribution in [2.45, 2.75) is 70.8 Å². The van der Waals surface area contributed by atoms with E-state index in [1.165, 1.54) is 6.92 Å². The first-order valence-corrected chi connectivity index (χ1v) is 10.3. The van der Waals surface area contributed by atoms with Crippen molar-refractivity contribution in [3.05, 3.63) is 0 Å². The lowest BCUT2D eigenvalue weighted by atomic mass is 9.79. The van der Waals surface area contributed by atoms with Crippen molar-refractivity contribution < 1.29 is 77.6 Å². The SMILES string of the molecule is COC(=O)C(C)CC(C)(CC(C(=O)OC(C(F)(F)F)C(F)(F)F)C(C)C(=O)OCC(F)(F)F)OC(C)=O. The minimum atomic E-state index is -6.14. The molecule has 0 spiro atoms. The zero-order valence-corrected chi connectivity index (χ0v) is 20.1. The molecule has 0 saturated carbocycles. The number of carbonyl (C=O) groups is 4. The highest BCUT2D eigenvalue weighted by atomic mass is 19.4. The van der Waals surface area contributed by atoms with Crippen LogP contribution in [0.5, 0.6) is 0 Å². The van der Waals surface area contributed by atoms with Crippen LogP contribution in [0.4, 0.5) is 39.5 Å². The first-order chi connectivity index (χ1) is 16.4. The van der Waals surface area contributed by atoms with Crippen LogP contribution < -0.4 is 0 Å². The standard InChI is InChI=1S/C20H25F9O8/c1-9(13(31)34-5)6-17(4,37-11(3)30)7-12(10(2)14(32)35-8-18(21,22)23)15(33)36-16(19(24,25)26)20(27,28)29/h9-10,12,16H,6-8H2,1-5H3. The summed E-state index contributed by atoms with van der Waals surface area (Å²) in [6, 6.07) is 0. The van der Waals surface area contributed by atoms with Gasteiger partial charge in [0.15, 0.2) is 6.61 Å². The molecular weight excluding hydrogens is 539 g/mol. The minimum Gasteiger partial charge on any atom is -0.469 e. The fraction of sp³-hybridized carbons (Fsp3) is 0.800. The van der Waals surface area contributed by atoms with Crippen LogP contribution in [-0.2, 0) is 38.1 Å². The second-order valence-electron chi connectivity index (χ2n) is 8.39. The van der Waals surface area contributed by atoms with E-state index in [1.807, 2.05) is 0 Å². The number of hydrogen-bond acceptors (Lipinski definition) is 8. The third-order valence-electron chi connectivity index (χ3n) is 4.87. The van der Waals surface area contributed by atoms with E-state index in [9.17, 15) is 58.7 Å². The van der Waals surface area contributed by atoms with E-state index >= 15 is 0 Å². The molecule has 0 fully saturated rings. The molecule has 0 bridgehead atoms. The third-order valence-corrected chi connectivity index (χ3v) is 4.87. The highest BCUT2D eigenvalue weighted by Crippen LogP contribution is 2.39. The first kappa shape index (κ1) is 34.2. The topological polar surface area (TPSA) is 105 Å². The van der Waals surface area contributed by atoms with Gasteiger partial charge in [0, 0.05) is 13.3 Å². The highest BCUT2D eigenvalue weighted by molar-refractivity contribution is 5.82. The van der Waals surface area contributed by atoms with Crippen LogP contribution in [0.2, 0.25) is 0 Å². The fourth-order valence-corrected chi connectivity index (χ4v) is 3.35. The van der Waals surface area contributed by atoms with Gasteiger partial charge in [-0.3, -0.25) is 19.2 Å². The molecule has 37 heavy (non-hydrogen) atoms. The molecular formula is C20H25F9O8. The Hall–Kier alpha value is -2.75. The number of ether oxygens (including phenoxy) is 4. The van der Waals surface area contributed by atoms with Crippen LogP contribution in [0.3, 0.4) is 0 Å². The van der Waals surface area contributed by atoms with Crippen molar-refractivity contribution in [1.82, 2.24) is 0 Å². The summed E-state index contributed by atoms with van der Waals surface area (Å²) in [7, 11) is 0.981. The van der Waals surface area contributed by atoms with Crippen molar-refractivity contribution in [3.63, 3.8) is 0 Å². The Bertz CT molecular complexity index is 808. The molecule has 4 atom stereocenters. The Labute approximate surface area is 204 Å². The van der Waals surface area contributed by atoms with Gasteiger partial charge in [0.25, 0.3) is 6.10 Å². The lowest BCUT2D eigenvalue weighted by Gasteiger charge is -2.35. The number of methoxy groups -OCH3 is 1. The first-order valence-electron chi connectivity index (χ1n) is 10.3. The number of carbonyl (C=O) groups excluding carboxylic acids is 4. The van der Waals surface area contributed by atoms with Crippen LogP contribution in [0, 0.1) is 17.8 Å². The summed E-state index contributed by atoms with van der Waals surface area (Å²) in [4.78, 5) is 48.1. The summed E-state index contributed by atoms with van der Waals surface area (Å²) in [5.74, 6) is -11.6. The lowest BCUT2D eigenvalue weighted by Crippen LogP contribution is -2.48. The van der Waals surface area contributed by atoms with Gasteiger partial charge in [0.2, 0.25) is 0 Å². The maximum Gasteiger partial charge on any atom is 0.434 e. The Morgan fingerprint density at radius 3 is 1.65 bits per heavy atom. The molecule has 0 rings (SSSR count). The molecule has 0 aromatic carbocycles. The van der Waals surface area contributed by atoms with Gasteiger partial charge in [0.05, 0.1) is 24.9 Å². The Kier molecular flexibility index (Phi) is 11.7. The minimum absolute atomic E-state index is 0.519. The van der Waals surface area contributed by atoms with E-state index in [0.717, 1.165) is 21.0 Å². The van der Waals surface area contributed by atoms with Crippen LogP contribution in [0.1, 0.15) is 40.5 Å². The van der Waals surface area contributed by atoms with Crippen molar-refractivity contribution in [2.24, 2.45) is 17.8 Å². The van der Waals surface area contributed by atoms with Gasteiger partial charge in [-0.15, -0.1) is 0 Å².